The Labute approximate surface area is 183 Å². The minimum absolute atomic E-state index is 0.0604. The summed E-state index contributed by atoms with van der Waals surface area (Å²) >= 11 is 0. The van der Waals surface area contributed by atoms with Gasteiger partial charge in [-0.1, -0.05) is 43.3 Å². The van der Waals surface area contributed by atoms with Crippen molar-refractivity contribution in [1.82, 2.24) is 9.80 Å². The van der Waals surface area contributed by atoms with Crippen molar-refractivity contribution >= 4 is 23.4 Å². The Morgan fingerprint density at radius 3 is 2.42 bits per heavy atom. The summed E-state index contributed by atoms with van der Waals surface area (Å²) in [7, 11) is 1.68. The number of carbonyl (C=O) groups is 3. The number of rotatable bonds is 4. The van der Waals surface area contributed by atoms with Crippen molar-refractivity contribution in [2.45, 2.75) is 26.2 Å². The summed E-state index contributed by atoms with van der Waals surface area (Å²) in [5.41, 5.74) is 3.21. The van der Waals surface area contributed by atoms with E-state index in [4.69, 9.17) is 0 Å². The van der Waals surface area contributed by atoms with Gasteiger partial charge >= 0.3 is 0 Å². The Kier molecular flexibility index (Phi) is 6.07. The highest BCUT2D eigenvalue weighted by molar-refractivity contribution is 6.10. The average molecular weight is 420 g/mol. The van der Waals surface area contributed by atoms with E-state index in [0.717, 1.165) is 24.0 Å². The van der Waals surface area contributed by atoms with E-state index in [2.05, 4.69) is 6.92 Å². The normalized spacial score (nSPS) is 17.5. The highest BCUT2D eigenvalue weighted by Gasteiger charge is 2.32. The Bertz CT molecular complexity index is 981. The number of fused-ring (bicyclic) bond motifs is 1. The number of amides is 3. The number of carbonyl (C=O) groups excluding carboxylic acids is 3. The molecule has 0 spiro atoms. The Morgan fingerprint density at radius 2 is 1.71 bits per heavy atom. The molecule has 1 saturated heterocycles. The lowest BCUT2D eigenvalue weighted by atomic mass is 9.99. The minimum atomic E-state index is -0.263. The molecule has 2 aromatic rings. The molecular weight excluding hydrogens is 390 g/mol. The molecule has 0 unspecified atom stereocenters. The van der Waals surface area contributed by atoms with Gasteiger partial charge in [-0.25, -0.2) is 0 Å². The van der Waals surface area contributed by atoms with E-state index in [1.165, 1.54) is 9.80 Å². The lowest BCUT2D eigenvalue weighted by Crippen LogP contribution is -2.47. The molecule has 6 nitrogen and oxygen atoms in total. The Hall–Kier alpha value is -3.15. The average Bonchev–Trinajstić information content (AvgIpc) is 2.86. The second kappa shape index (κ2) is 8.92. The number of likely N-dealkylation sites (tertiary alicyclic amines) is 1. The topological polar surface area (TPSA) is 60.9 Å². The molecule has 2 heterocycles. The first-order valence-electron chi connectivity index (χ1n) is 10.9. The van der Waals surface area contributed by atoms with Crippen LogP contribution >= 0.6 is 0 Å². The third-order valence-electron chi connectivity index (χ3n) is 6.35. The molecule has 0 bridgehead atoms. The summed E-state index contributed by atoms with van der Waals surface area (Å²) in [6.07, 6.45) is 2.66. The number of anilines is 1. The second-order valence-corrected chi connectivity index (χ2v) is 8.69. The smallest absolute Gasteiger partial charge is 0.256 e. The van der Waals surface area contributed by atoms with Gasteiger partial charge in [0, 0.05) is 20.1 Å². The van der Waals surface area contributed by atoms with Gasteiger partial charge in [-0.05, 0) is 48.4 Å². The first-order chi connectivity index (χ1) is 14.9. The third kappa shape index (κ3) is 4.63. The minimum Gasteiger partial charge on any atom is -0.341 e. The van der Waals surface area contributed by atoms with E-state index < -0.39 is 0 Å². The number of benzene rings is 2. The van der Waals surface area contributed by atoms with E-state index in [1.807, 2.05) is 53.4 Å². The highest BCUT2D eigenvalue weighted by atomic mass is 16.2. The van der Waals surface area contributed by atoms with E-state index in [1.54, 1.807) is 7.05 Å². The molecule has 0 atom stereocenters. The van der Waals surface area contributed by atoms with Crippen molar-refractivity contribution in [1.29, 1.82) is 0 Å². The monoisotopic (exact) mass is 419 g/mol. The Morgan fingerprint density at radius 1 is 1.00 bits per heavy atom. The van der Waals surface area contributed by atoms with Crippen LogP contribution in [0.5, 0.6) is 0 Å². The number of nitrogens with zero attached hydrogens (tertiary/aromatic N) is 3. The van der Waals surface area contributed by atoms with Crippen LogP contribution in [0.25, 0.3) is 0 Å². The van der Waals surface area contributed by atoms with Gasteiger partial charge in [0.25, 0.3) is 5.91 Å². The molecule has 4 rings (SSSR count). The lowest BCUT2D eigenvalue weighted by molar-refractivity contribution is -0.133. The van der Waals surface area contributed by atoms with E-state index >= 15 is 0 Å². The van der Waals surface area contributed by atoms with Gasteiger partial charge < -0.3 is 14.7 Å². The van der Waals surface area contributed by atoms with Crippen molar-refractivity contribution in [3.05, 3.63) is 65.2 Å². The molecule has 0 radical (unpaired) electrons. The van der Waals surface area contributed by atoms with Crippen molar-refractivity contribution in [3.8, 4) is 0 Å². The van der Waals surface area contributed by atoms with Crippen LogP contribution in [0.15, 0.2) is 48.5 Å². The number of hydrogen-bond donors (Lipinski definition) is 0. The van der Waals surface area contributed by atoms with Crippen LogP contribution in [-0.2, 0) is 16.0 Å². The third-order valence-corrected chi connectivity index (χ3v) is 6.35. The maximum Gasteiger partial charge on any atom is 0.256 e. The molecular formula is C25H29N3O3. The van der Waals surface area contributed by atoms with Gasteiger partial charge in [0.05, 0.1) is 11.3 Å². The first kappa shape index (κ1) is 21.1. The summed E-state index contributed by atoms with van der Waals surface area (Å²) in [4.78, 5) is 43.7. The molecule has 3 amide bonds. The second-order valence-electron chi connectivity index (χ2n) is 8.69. The summed E-state index contributed by atoms with van der Waals surface area (Å²) in [5.74, 6) is 0.0814. The van der Waals surface area contributed by atoms with Crippen LogP contribution in [0, 0.1) is 5.92 Å². The standard InChI is InChI=1S/C25H29N3O3/c1-18-10-12-27(13-11-18)24(30)17-28-16-23(29)26(2)22-9-8-20(15-21(22)25(28)31)14-19-6-4-3-5-7-19/h3-9,15,18H,10-14,16-17H2,1-2H3. The number of hydrogen-bond acceptors (Lipinski definition) is 3. The van der Waals surface area contributed by atoms with E-state index in [0.29, 0.717) is 36.7 Å². The van der Waals surface area contributed by atoms with Crippen LogP contribution in [0.2, 0.25) is 0 Å². The van der Waals surface area contributed by atoms with Crippen molar-refractivity contribution < 1.29 is 14.4 Å². The van der Waals surface area contributed by atoms with Gasteiger partial charge in [-0.2, -0.15) is 0 Å². The van der Waals surface area contributed by atoms with Crippen molar-refractivity contribution in [2.24, 2.45) is 5.92 Å². The fraction of sp³-hybridized carbons (Fsp3) is 0.400. The van der Waals surface area contributed by atoms with Gasteiger partial charge in [0.1, 0.15) is 13.1 Å². The fourth-order valence-electron chi connectivity index (χ4n) is 4.28. The van der Waals surface area contributed by atoms with Gasteiger partial charge in [-0.15, -0.1) is 0 Å². The molecule has 31 heavy (non-hydrogen) atoms. The zero-order chi connectivity index (χ0) is 22.0. The fourth-order valence-corrected chi connectivity index (χ4v) is 4.28. The first-order valence-corrected chi connectivity index (χ1v) is 10.9. The summed E-state index contributed by atoms with van der Waals surface area (Å²) in [6, 6.07) is 15.7. The number of likely N-dealkylation sites (N-methyl/N-ethyl adjacent to an activating group) is 1. The summed E-state index contributed by atoms with van der Waals surface area (Å²) in [6.45, 7) is 3.48. The van der Waals surface area contributed by atoms with Crippen LogP contribution < -0.4 is 4.90 Å². The number of piperidine rings is 1. The van der Waals surface area contributed by atoms with Crippen LogP contribution in [0.1, 0.15) is 41.3 Å². The van der Waals surface area contributed by atoms with Crippen LogP contribution in [0.4, 0.5) is 5.69 Å². The van der Waals surface area contributed by atoms with Crippen LogP contribution in [-0.4, -0.2) is 60.7 Å². The molecule has 2 aliphatic heterocycles. The molecule has 2 aromatic carbocycles. The molecule has 2 aliphatic rings. The molecule has 0 aromatic heterocycles. The molecule has 0 saturated carbocycles. The quantitative estimate of drug-likeness (QED) is 0.766. The molecule has 0 N–H and O–H groups in total. The molecule has 0 aliphatic carbocycles. The van der Waals surface area contributed by atoms with Crippen molar-refractivity contribution in [3.63, 3.8) is 0 Å². The molecule has 162 valence electrons. The van der Waals surface area contributed by atoms with Gasteiger partial charge in [0.2, 0.25) is 11.8 Å². The molecule has 1 fully saturated rings. The highest BCUT2D eigenvalue weighted by Crippen LogP contribution is 2.27. The SMILES string of the molecule is CC1CCN(C(=O)CN2CC(=O)N(C)c3ccc(Cc4ccccc4)cc3C2=O)CC1. The van der Waals surface area contributed by atoms with Crippen molar-refractivity contribution in [2.75, 3.05) is 38.1 Å². The van der Waals surface area contributed by atoms with Gasteiger partial charge in [-0.3, -0.25) is 14.4 Å². The summed E-state index contributed by atoms with van der Waals surface area (Å²) < 4.78 is 0. The van der Waals surface area contributed by atoms with E-state index in [9.17, 15) is 14.4 Å². The predicted molar refractivity (Wildman–Crippen MR) is 120 cm³/mol. The zero-order valence-corrected chi connectivity index (χ0v) is 18.2. The van der Waals surface area contributed by atoms with Crippen LogP contribution in [0.3, 0.4) is 0 Å². The predicted octanol–water partition coefficient (Wildman–Crippen LogP) is 2.95. The maximum absolute atomic E-state index is 13.4. The van der Waals surface area contributed by atoms with E-state index in [-0.39, 0.29) is 30.8 Å². The van der Waals surface area contributed by atoms with Gasteiger partial charge in [0.15, 0.2) is 0 Å². The molecule has 6 heteroatoms. The Balaban J connectivity index is 1.57. The zero-order valence-electron chi connectivity index (χ0n) is 18.2. The lowest BCUT2D eigenvalue weighted by Gasteiger charge is -2.32. The maximum atomic E-state index is 13.4. The largest absolute Gasteiger partial charge is 0.341 e. The summed E-state index contributed by atoms with van der Waals surface area (Å²) in [5, 5.41) is 0.